The molecule has 2 unspecified atom stereocenters. The average Bonchev–Trinajstić information content (AvgIpc) is 2.41. The minimum atomic E-state index is 0.452. The normalized spacial score (nSPS) is 30.5. The molecule has 2 rings (SSSR count). The maximum absolute atomic E-state index is 4.47. The Kier molecular flexibility index (Phi) is 2.27. The molecule has 1 fully saturated rings. The molecule has 1 aliphatic carbocycles. The smallest absolute Gasteiger partial charge is 0.0967 e. The van der Waals surface area contributed by atoms with Crippen LogP contribution in [-0.4, -0.2) is 10.3 Å². The number of aryl methyl sites for hydroxylation is 1. The average molecular weight is 260 g/mol. The quantitative estimate of drug-likeness (QED) is 0.740. The van der Waals surface area contributed by atoms with E-state index in [0.717, 1.165) is 11.2 Å². The van der Waals surface area contributed by atoms with Gasteiger partial charge in [-0.1, -0.05) is 29.8 Å². The van der Waals surface area contributed by atoms with E-state index in [4.69, 9.17) is 0 Å². The minimum Gasteiger partial charge on any atom is -0.249 e. The summed E-state index contributed by atoms with van der Waals surface area (Å²) in [5.41, 5.74) is 0.452. The Morgan fingerprint density at radius 2 is 2.31 bits per heavy atom. The Balaban J connectivity index is 2.21. The number of rotatable bonds is 2. The van der Waals surface area contributed by atoms with Crippen molar-refractivity contribution in [3.05, 3.63) is 16.1 Å². The molecule has 0 radical (unpaired) electrons. The maximum atomic E-state index is 4.47. The number of halogens is 1. The molecule has 2 atom stereocenters. The Labute approximate surface area is 91.7 Å². The van der Waals surface area contributed by atoms with Crippen molar-refractivity contribution < 1.29 is 0 Å². The molecule has 1 aromatic rings. The van der Waals surface area contributed by atoms with Crippen molar-refractivity contribution in [2.45, 2.75) is 26.7 Å². The summed E-state index contributed by atoms with van der Waals surface area (Å²) in [5, 5.41) is 2.43. The van der Waals surface area contributed by atoms with Gasteiger partial charge in [-0.3, -0.25) is 0 Å². The van der Waals surface area contributed by atoms with E-state index in [1.807, 2.05) is 17.5 Å². The first-order valence-electron chi connectivity index (χ1n) is 4.55. The number of aromatic nitrogens is 1. The van der Waals surface area contributed by atoms with Crippen LogP contribution in [-0.2, 0) is 0 Å². The summed E-state index contributed by atoms with van der Waals surface area (Å²) in [6.07, 6.45) is 1.99. The topological polar surface area (TPSA) is 12.9 Å². The molecule has 1 heterocycles. The highest BCUT2D eigenvalue weighted by Gasteiger charge is 2.58. The third-order valence-electron chi connectivity index (χ3n) is 3.12. The lowest BCUT2D eigenvalue weighted by molar-refractivity contribution is 0.579. The molecule has 3 heteroatoms. The fourth-order valence-electron chi connectivity index (χ4n) is 2.04. The van der Waals surface area contributed by atoms with Crippen LogP contribution in [0.4, 0.5) is 0 Å². The maximum Gasteiger partial charge on any atom is 0.0967 e. The molecule has 1 saturated carbocycles. The molecule has 0 saturated heterocycles. The summed E-state index contributed by atoms with van der Waals surface area (Å²) in [6, 6.07) is 0. The molecule has 72 valence electrons. The van der Waals surface area contributed by atoms with E-state index >= 15 is 0 Å². The molecule has 0 aliphatic heterocycles. The van der Waals surface area contributed by atoms with Gasteiger partial charge in [-0.15, -0.1) is 11.3 Å². The van der Waals surface area contributed by atoms with Gasteiger partial charge in [-0.25, -0.2) is 4.98 Å². The highest BCUT2D eigenvalue weighted by Crippen LogP contribution is 2.65. The lowest BCUT2D eigenvalue weighted by Crippen LogP contribution is -1.90. The molecular formula is C10H14BrNS. The van der Waals surface area contributed by atoms with Crippen molar-refractivity contribution in [3.8, 4) is 0 Å². The van der Waals surface area contributed by atoms with E-state index in [1.54, 1.807) is 0 Å². The lowest BCUT2D eigenvalue weighted by atomic mass is 10.1. The summed E-state index contributed by atoms with van der Waals surface area (Å²) in [7, 11) is 0. The fourth-order valence-corrected chi connectivity index (χ4v) is 4.38. The largest absolute Gasteiger partial charge is 0.249 e. The molecule has 0 amide bonds. The third-order valence-corrected chi connectivity index (χ3v) is 4.82. The van der Waals surface area contributed by atoms with Gasteiger partial charge in [-0.05, 0) is 18.3 Å². The predicted molar refractivity (Wildman–Crippen MR) is 60.7 cm³/mol. The molecule has 1 nitrogen and oxygen atoms in total. The first-order chi connectivity index (χ1) is 6.07. The Morgan fingerprint density at radius 1 is 1.62 bits per heavy atom. The zero-order valence-electron chi connectivity index (χ0n) is 8.17. The van der Waals surface area contributed by atoms with E-state index in [1.165, 1.54) is 9.88 Å². The molecule has 0 bridgehead atoms. The predicted octanol–water partition coefficient (Wildman–Crippen LogP) is 3.59. The van der Waals surface area contributed by atoms with Crippen LogP contribution in [0.25, 0.3) is 0 Å². The van der Waals surface area contributed by atoms with Crippen LogP contribution in [0.5, 0.6) is 0 Å². The van der Waals surface area contributed by atoms with Crippen LogP contribution < -0.4 is 0 Å². The van der Waals surface area contributed by atoms with Crippen LogP contribution in [0.2, 0.25) is 0 Å². The zero-order chi connectivity index (χ0) is 9.64. The van der Waals surface area contributed by atoms with Crippen molar-refractivity contribution in [2.75, 3.05) is 5.33 Å². The van der Waals surface area contributed by atoms with E-state index in [9.17, 15) is 0 Å². The van der Waals surface area contributed by atoms with E-state index in [2.05, 4.69) is 41.7 Å². The van der Waals surface area contributed by atoms with Gasteiger partial charge in [0, 0.05) is 22.3 Å². The minimum absolute atomic E-state index is 0.452. The summed E-state index contributed by atoms with van der Waals surface area (Å²) < 4.78 is 0. The highest BCUT2D eigenvalue weighted by molar-refractivity contribution is 9.09. The Hall–Kier alpha value is 0.110. The summed E-state index contributed by atoms with van der Waals surface area (Å²) in [4.78, 5) is 5.79. The van der Waals surface area contributed by atoms with Crippen molar-refractivity contribution >= 4 is 27.3 Å². The molecule has 13 heavy (non-hydrogen) atoms. The van der Waals surface area contributed by atoms with Gasteiger partial charge in [0.05, 0.1) is 5.01 Å². The number of hydrogen-bond donors (Lipinski definition) is 0. The standard InChI is InChI=1S/C10H14BrNS/c1-6-5-12-9(13-6)8-7(4-11)10(8,2)3/h5,7-8H,4H2,1-3H3. The first-order valence-corrected chi connectivity index (χ1v) is 6.49. The molecule has 0 spiro atoms. The molecule has 1 aliphatic rings. The molecule has 0 aromatic carbocycles. The third kappa shape index (κ3) is 1.46. The van der Waals surface area contributed by atoms with Crippen LogP contribution in [0.1, 0.15) is 29.7 Å². The SMILES string of the molecule is Cc1cnc(C2C(CBr)C2(C)C)s1. The summed E-state index contributed by atoms with van der Waals surface area (Å²) in [6.45, 7) is 6.79. The van der Waals surface area contributed by atoms with Crippen molar-refractivity contribution in [2.24, 2.45) is 11.3 Å². The monoisotopic (exact) mass is 259 g/mol. The highest BCUT2D eigenvalue weighted by atomic mass is 79.9. The van der Waals surface area contributed by atoms with Crippen LogP contribution in [0, 0.1) is 18.3 Å². The number of thiazole rings is 1. The summed E-state index contributed by atoms with van der Waals surface area (Å²) in [5.74, 6) is 1.46. The lowest BCUT2D eigenvalue weighted by Gasteiger charge is -1.97. The first kappa shape index (κ1) is 9.66. The van der Waals surface area contributed by atoms with E-state index in [-0.39, 0.29) is 0 Å². The number of nitrogens with zero attached hydrogens (tertiary/aromatic N) is 1. The van der Waals surface area contributed by atoms with E-state index < -0.39 is 0 Å². The van der Waals surface area contributed by atoms with Crippen LogP contribution in [0.15, 0.2) is 6.20 Å². The van der Waals surface area contributed by atoms with Crippen LogP contribution in [0.3, 0.4) is 0 Å². The fraction of sp³-hybridized carbons (Fsp3) is 0.700. The molecule has 0 N–H and O–H groups in total. The van der Waals surface area contributed by atoms with Gasteiger partial charge in [-0.2, -0.15) is 0 Å². The van der Waals surface area contributed by atoms with Crippen molar-refractivity contribution in [1.29, 1.82) is 0 Å². The van der Waals surface area contributed by atoms with Gasteiger partial charge in [0.1, 0.15) is 0 Å². The van der Waals surface area contributed by atoms with Gasteiger partial charge in [0.15, 0.2) is 0 Å². The Bertz CT molecular complexity index is 318. The second kappa shape index (κ2) is 3.06. The summed E-state index contributed by atoms with van der Waals surface area (Å²) >= 11 is 5.42. The van der Waals surface area contributed by atoms with Crippen LogP contribution >= 0.6 is 27.3 Å². The zero-order valence-corrected chi connectivity index (χ0v) is 10.6. The number of alkyl halides is 1. The second-order valence-electron chi connectivity index (χ2n) is 4.37. The molecule has 1 aromatic heterocycles. The van der Waals surface area contributed by atoms with Gasteiger partial charge < -0.3 is 0 Å². The second-order valence-corrected chi connectivity index (χ2v) is 6.28. The van der Waals surface area contributed by atoms with Gasteiger partial charge in [0.25, 0.3) is 0 Å². The van der Waals surface area contributed by atoms with Gasteiger partial charge >= 0.3 is 0 Å². The molecular weight excluding hydrogens is 246 g/mol. The van der Waals surface area contributed by atoms with E-state index in [0.29, 0.717) is 11.3 Å². The number of hydrogen-bond acceptors (Lipinski definition) is 2. The Morgan fingerprint density at radius 3 is 2.69 bits per heavy atom. The van der Waals surface area contributed by atoms with Crippen molar-refractivity contribution in [1.82, 2.24) is 4.98 Å². The van der Waals surface area contributed by atoms with Crippen molar-refractivity contribution in [3.63, 3.8) is 0 Å². The van der Waals surface area contributed by atoms with Gasteiger partial charge in [0.2, 0.25) is 0 Å².